The summed E-state index contributed by atoms with van der Waals surface area (Å²) in [5, 5.41) is 5.94. The summed E-state index contributed by atoms with van der Waals surface area (Å²) in [5.74, 6) is 0. The number of hydrogen-bond acceptors (Lipinski definition) is 3. The fourth-order valence-corrected chi connectivity index (χ4v) is 3.69. The summed E-state index contributed by atoms with van der Waals surface area (Å²) in [7, 11) is 2.28. The minimum absolute atomic E-state index is 0.420. The third kappa shape index (κ3) is 4.06. The molecule has 1 aliphatic rings. The van der Waals surface area contributed by atoms with Crippen molar-refractivity contribution in [3.63, 3.8) is 0 Å². The second-order valence-corrected chi connectivity index (χ2v) is 7.45. The van der Waals surface area contributed by atoms with Gasteiger partial charge in [0.2, 0.25) is 0 Å². The molecule has 0 bridgehead atoms. The SMILES string of the molecule is CCC(CC)(CNC1CC1)CN(C)C(C)c1cccs1. The van der Waals surface area contributed by atoms with Crippen molar-refractivity contribution < 1.29 is 0 Å². The van der Waals surface area contributed by atoms with Gasteiger partial charge in [-0.05, 0) is 56.5 Å². The van der Waals surface area contributed by atoms with Crippen LogP contribution in [-0.4, -0.2) is 31.1 Å². The molecule has 0 aliphatic heterocycles. The van der Waals surface area contributed by atoms with E-state index < -0.39 is 0 Å². The van der Waals surface area contributed by atoms with Crippen LogP contribution in [0.4, 0.5) is 0 Å². The van der Waals surface area contributed by atoms with Crippen molar-refractivity contribution >= 4 is 11.3 Å². The molecule has 1 aliphatic carbocycles. The summed E-state index contributed by atoms with van der Waals surface area (Å²) in [6.07, 6.45) is 5.27. The predicted octanol–water partition coefficient (Wildman–Crippen LogP) is 4.30. The highest BCUT2D eigenvalue weighted by atomic mass is 32.1. The van der Waals surface area contributed by atoms with E-state index in [1.54, 1.807) is 0 Å². The fraction of sp³-hybridized carbons (Fsp3) is 0.765. The van der Waals surface area contributed by atoms with Crippen molar-refractivity contribution in [3.8, 4) is 0 Å². The largest absolute Gasteiger partial charge is 0.313 e. The van der Waals surface area contributed by atoms with Crippen LogP contribution in [0.15, 0.2) is 17.5 Å². The van der Waals surface area contributed by atoms with Crippen LogP contribution in [0.1, 0.15) is 57.4 Å². The van der Waals surface area contributed by atoms with Crippen LogP contribution < -0.4 is 5.32 Å². The zero-order chi connectivity index (χ0) is 14.6. The Morgan fingerprint density at radius 2 is 2.10 bits per heavy atom. The summed E-state index contributed by atoms with van der Waals surface area (Å²) in [6.45, 7) is 9.38. The standard InChI is InChI=1S/C17H30N2S/c1-5-17(6-2,12-18-15-9-10-15)13-19(4)14(3)16-8-7-11-20-16/h7-8,11,14-15,18H,5-6,9-10,12-13H2,1-4H3. The van der Waals surface area contributed by atoms with Gasteiger partial charge in [-0.25, -0.2) is 0 Å². The van der Waals surface area contributed by atoms with Crippen molar-refractivity contribution in [2.45, 2.75) is 58.5 Å². The first-order valence-electron chi connectivity index (χ1n) is 8.07. The summed E-state index contributed by atoms with van der Waals surface area (Å²) < 4.78 is 0. The summed E-state index contributed by atoms with van der Waals surface area (Å²) in [4.78, 5) is 4.01. The monoisotopic (exact) mass is 294 g/mol. The summed E-state index contributed by atoms with van der Waals surface area (Å²) in [6, 6.07) is 5.75. The molecule has 2 rings (SSSR count). The first-order chi connectivity index (χ1) is 9.60. The van der Waals surface area contributed by atoms with E-state index in [0.29, 0.717) is 11.5 Å². The number of hydrogen-bond donors (Lipinski definition) is 1. The molecule has 1 aromatic heterocycles. The smallest absolute Gasteiger partial charge is 0.0410 e. The second-order valence-electron chi connectivity index (χ2n) is 6.47. The molecular formula is C17H30N2S. The van der Waals surface area contributed by atoms with E-state index in [-0.39, 0.29) is 0 Å². The molecule has 20 heavy (non-hydrogen) atoms. The van der Waals surface area contributed by atoms with Gasteiger partial charge in [0.1, 0.15) is 0 Å². The zero-order valence-electron chi connectivity index (χ0n) is 13.5. The number of nitrogens with one attached hydrogen (secondary N) is 1. The molecule has 0 saturated heterocycles. The predicted molar refractivity (Wildman–Crippen MR) is 89.4 cm³/mol. The highest BCUT2D eigenvalue weighted by Gasteiger charge is 2.32. The highest BCUT2D eigenvalue weighted by Crippen LogP contribution is 2.32. The molecule has 1 atom stereocenters. The zero-order valence-corrected chi connectivity index (χ0v) is 14.3. The van der Waals surface area contributed by atoms with E-state index in [1.807, 2.05) is 11.3 Å². The minimum atomic E-state index is 0.420. The van der Waals surface area contributed by atoms with Gasteiger partial charge < -0.3 is 5.32 Å². The maximum atomic E-state index is 3.75. The van der Waals surface area contributed by atoms with Gasteiger partial charge in [-0.2, -0.15) is 0 Å². The van der Waals surface area contributed by atoms with Gasteiger partial charge in [0.05, 0.1) is 0 Å². The average molecular weight is 295 g/mol. The van der Waals surface area contributed by atoms with Gasteiger partial charge in [0.25, 0.3) is 0 Å². The van der Waals surface area contributed by atoms with Gasteiger partial charge in [0, 0.05) is 30.1 Å². The first-order valence-corrected chi connectivity index (χ1v) is 8.95. The van der Waals surface area contributed by atoms with Crippen molar-refractivity contribution in [1.82, 2.24) is 10.2 Å². The maximum absolute atomic E-state index is 3.75. The lowest BCUT2D eigenvalue weighted by Gasteiger charge is -2.38. The number of rotatable bonds is 9. The highest BCUT2D eigenvalue weighted by molar-refractivity contribution is 7.10. The van der Waals surface area contributed by atoms with Crippen LogP contribution in [-0.2, 0) is 0 Å². The molecule has 3 heteroatoms. The van der Waals surface area contributed by atoms with Gasteiger partial charge in [0.15, 0.2) is 0 Å². The number of thiophene rings is 1. The van der Waals surface area contributed by atoms with Gasteiger partial charge >= 0.3 is 0 Å². The Hall–Kier alpha value is -0.380. The van der Waals surface area contributed by atoms with Crippen molar-refractivity contribution in [2.24, 2.45) is 5.41 Å². The quantitative estimate of drug-likeness (QED) is 0.730. The van der Waals surface area contributed by atoms with Crippen molar-refractivity contribution in [2.75, 3.05) is 20.1 Å². The second kappa shape index (κ2) is 7.06. The lowest BCUT2D eigenvalue weighted by Crippen LogP contribution is -2.43. The molecule has 1 fully saturated rings. The minimum Gasteiger partial charge on any atom is -0.313 e. The molecule has 0 aromatic carbocycles. The third-order valence-corrected chi connectivity index (χ3v) is 6.09. The maximum Gasteiger partial charge on any atom is 0.0410 e. The van der Waals surface area contributed by atoms with Crippen LogP contribution in [0.25, 0.3) is 0 Å². The van der Waals surface area contributed by atoms with Gasteiger partial charge in [-0.3, -0.25) is 4.90 Å². The van der Waals surface area contributed by atoms with E-state index in [2.05, 4.69) is 55.5 Å². The van der Waals surface area contributed by atoms with E-state index in [9.17, 15) is 0 Å². The molecule has 1 heterocycles. The molecule has 1 N–H and O–H groups in total. The van der Waals surface area contributed by atoms with Gasteiger partial charge in [-0.1, -0.05) is 19.9 Å². The molecule has 114 valence electrons. The topological polar surface area (TPSA) is 15.3 Å². The molecule has 1 aromatic rings. The Labute approximate surface area is 128 Å². The Morgan fingerprint density at radius 1 is 1.40 bits per heavy atom. The first kappa shape index (κ1) is 16.0. The van der Waals surface area contributed by atoms with Crippen LogP contribution in [0.2, 0.25) is 0 Å². The van der Waals surface area contributed by atoms with Gasteiger partial charge in [-0.15, -0.1) is 11.3 Å². The van der Waals surface area contributed by atoms with Crippen LogP contribution >= 0.6 is 11.3 Å². The number of nitrogens with zero attached hydrogens (tertiary/aromatic N) is 1. The molecule has 0 spiro atoms. The molecule has 0 amide bonds. The third-order valence-electron chi connectivity index (χ3n) is 5.04. The Kier molecular flexibility index (Phi) is 5.65. The average Bonchev–Trinajstić information content (AvgIpc) is 3.14. The Balaban J connectivity index is 1.94. The van der Waals surface area contributed by atoms with E-state index in [1.165, 1.54) is 43.6 Å². The molecule has 0 radical (unpaired) electrons. The Bertz CT molecular complexity index is 380. The summed E-state index contributed by atoms with van der Waals surface area (Å²) >= 11 is 1.87. The molecular weight excluding hydrogens is 264 g/mol. The lowest BCUT2D eigenvalue weighted by molar-refractivity contribution is 0.128. The molecule has 1 saturated carbocycles. The Morgan fingerprint density at radius 3 is 2.60 bits per heavy atom. The van der Waals surface area contributed by atoms with Crippen molar-refractivity contribution in [1.29, 1.82) is 0 Å². The van der Waals surface area contributed by atoms with Crippen molar-refractivity contribution in [3.05, 3.63) is 22.4 Å². The lowest BCUT2D eigenvalue weighted by atomic mass is 9.81. The van der Waals surface area contributed by atoms with Crippen LogP contribution in [0.5, 0.6) is 0 Å². The van der Waals surface area contributed by atoms with Crippen LogP contribution in [0.3, 0.4) is 0 Å². The van der Waals surface area contributed by atoms with Crippen LogP contribution in [0, 0.1) is 5.41 Å². The van der Waals surface area contributed by atoms with E-state index >= 15 is 0 Å². The summed E-state index contributed by atoms with van der Waals surface area (Å²) in [5.41, 5.74) is 0.420. The molecule has 1 unspecified atom stereocenters. The normalized spacial score (nSPS) is 17.6. The van der Waals surface area contributed by atoms with E-state index in [4.69, 9.17) is 0 Å². The van der Waals surface area contributed by atoms with E-state index in [0.717, 1.165) is 6.04 Å². The fourth-order valence-electron chi connectivity index (χ4n) is 2.84. The molecule has 2 nitrogen and oxygen atoms in total.